The molecule has 1 aliphatic heterocycles. The molecule has 1 aromatic rings. The molecule has 1 N–H and O–H groups in total. The van der Waals surface area contributed by atoms with Crippen LogP contribution in [0.15, 0.2) is 18.2 Å². The molecule has 10 heteroatoms. The van der Waals surface area contributed by atoms with Crippen LogP contribution in [0.5, 0.6) is 0 Å². The summed E-state index contributed by atoms with van der Waals surface area (Å²) in [6.45, 7) is 1.42. The SMILES string of the molecule is CCS(=O)(=O)N1CCC(C(=O)OCC(=O)Nc2cc(F)cc(F)c2)CC1. The first-order valence-electron chi connectivity index (χ1n) is 8.11. The van der Waals surface area contributed by atoms with E-state index in [0.717, 1.165) is 12.1 Å². The smallest absolute Gasteiger partial charge is 0.309 e. The molecule has 1 saturated heterocycles. The van der Waals surface area contributed by atoms with Gasteiger partial charge in [0.15, 0.2) is 6.61 Å². The first-order valence-corrected chi connectivity index (χ1v) is 9.72. The molecule has 1 fully saturated rings. The fourth-order valence-corrected chi connectivity index (χ4v) is 3.76. The van der Waals surface area contributed by atoms with E-state index >= 15 is 0 Å². The summed E-state index contributed by atoms with van der Waals surface area (Å²) in [5.74, 6) is -3.49. The maximum Gasteiger partial charge on any atom is 0.309 e. The van der Waals surface area contributed by atoms with Crippen LogP contribution in [0.25, 0.3) is 0 Å². The second kappa shape index (κ2) is 8.54. The number of hydrogen-bond acceptors (Lipinski definition) is 5. The van der Waals surface area contributed by atoms with Crippen molar-refractivity contribution >= 4 is 27.6 Å². The zero-order valence-electron chi connectivity index (χ0n) is 14.2. The molecule has 0 radical (unpaired) electrons. The van der Waals surface area contributed by atoms with Gasteiger partial charge < -0.3 is 10.1 Å². The Morgan fingerprint density at radius 1 is 1.19 bits per heavy atom. The van der Waals surface area contributed by atoms with Gasteiger partial charge in [-0.15, -0.1) is 0 Å². The van der Waals surface area contributed by atoms with E-state index in [1.807, 2.05) is 0 Å². The van der Waals surface area contributed by atoms with Crippen LogP contribution in [0, 0.1) is 17.6 Å². The van der Waals surface area contributed by atoms with E-state index in [-0.39, 0.29) is 24.5 Å². The predicted octanol–water partition coefficient (Wildman–Crippen LogP) is 1.51. The number of amides is 1. The van der Waals surface area contributed by atoms with Gasteiger partial charge in [0.1, 0.15) is 11.6 Å². The molecule has 2 rings (SSSR count). The van der Waals surface area contributed by atoms with Gasteiger partial charge in [-0.25, -0.2) is 21.5 Å². The number of nitrogens with one attached hydrogen (secondary N) is 1. The third-order valence-corrected chi connectivity index (χ3v) is 5.92. The van der Waals surface area contributed by atoms with Crippen molar-refractivity contribution in [2.24, 2.45) is 5.92 Å². The fraction of sp³-hybridized carbons (Fsp3) is 0.500. The highest BCUT2D eigenvalue weighted by molar-refractivity contribution is 7.89. The van der Waals surface area contributed by atoms with Crippen molar-refractivity contribution in [2.45, 2.75) is 19.8 Å². The Hall–Kier alpha value is -2.07. The number of rotatable bonds is 6. The first kappa shape index (κ1) is 20.2. The molecule has 144 valence electrons. The average molecular weight is 390 g/mol. The molecule has 7 nitrogen and oxygen atoms in total. The topological polar surface area (TPSA) is 92.8 Å². The summed E-state index contributed by atoms with van der Waals surface area (Å²) >= 11 is 0. The Kier molecular flexibility index (Phi) is 6.65. The molecular weight excluding hydrogens is 370 g/mol. The maximum atomic E-state index is 13.1. The van der Waals surface area contributed by atoms with Gasteiger partial charge >= 0.3 is 5.97 Å². The molecule has 0 aliphatic carbocycles. The minimum absolute atomic E-state index is 0.00294. The summed E-state index contributed by atoms with van der Waals surface area (Å²) < 4.78 is 55.9. The first-order chi connectivity index (χ1) is 12.2. The quantitative estimate of drug-likeness (QED) is 0.744. The van der Waals surface area contributed by atoms with E-state index in [9.17, 15) is 26.8 Å². The summed E-state index contributed by atoms with van der Waals surface area (Å²) in [7, 11) is -3.28. The van der Waals surface area contributed by atoms with Crippen LogP contribution in [0.3, 0.4) is 0 Å². The van der Waals surface area contributed by atoms with Crippen LogP contribution >= 0.6 is 0 Å². The zero-order chi connectivity index (χ0) is 19.3. The van der Waals surface area contributed by atoms with Crippen LogP contribution in [0.1, 0.15) is 19.8 Å². The van der Waals surface area contributed by atoms with Gasteiger partial charge in [0.2, 0.25) is 10.0 Å². The number of benzene rings is 1. The molecule has 1 aromatic carbocycles. The lowest BCUT2D eigenvalue weighted by molar-refractivity contribution is -0.152. The van der Waals surface area contributed by atoms with Crippen LogP contribution in [0.2, 0.25) is 0 Å². The lowest BCUT2D eigenvalue weighted by atomic mass is 9.98. The Balaban J connectivity index is 1.79. The molecule has 0 aromatic heterocycles. The number of nitrogens with zero attached hydrogens (tertiary/aromatic N) is 1. The summed E-state index contributed by atoms with van der Waals surface area (Å²) in [6, 6.07) is 2.54. The lowest BCUT2D eigenvalue weighted by Gasteiger charge is -2.29. The van der Waals surface area contributed by atoms with Gasteiger partial charge in [-0.2, -0.15) is 0 Å². The number of piperidine rings is 1. The van der Waals surface area contributed by atoms with Gasteiger partial charge in [-0.1, -0.05) is 0 Å². The molecule has 0 unspecified atom stereocenters. The number of sulfonamides is 1. The molecule has 26 heavy (non-hydrogen) atoms. The number of ether oxygens (including phenoxy) is 1. The predicted molar refractivity (Wildman–Crippen MR) is 89.7 cm³/mol. The van der Waals surface area contributed by atoms with Crippen molar-refractivity contribution in [3.63, 3.8) is 0 Å². The minimum Gasteiger partial charge on any atom is -0.455 e. The Morgan fingerprint density at radius 2 is 1.77 bits per heavy atom. The van der Waals surface area contributed by atoms with Crippen molar-refractivity contribution in [1.29, 1.82) is 0 Å². The van der Waals surface area contributed by atoms with Crippen LogP contribution < -0.4 is 5.32 Å². The van der Waals surface area contributed by atoms with Gasteiger partial charge in [-0.3, -0.25) is 9.59 Å². The highest BCUT2D eigenvalue weighted by Crippen LogP contribution is 2.21. The molecule has 0 bridgehead atoms. The molecule has 1 amide bonds. The summed E-state index contributed by atoms with van der Waals surface area (Å²) in [6.07, 6.45) is 0.629. The van der Waals surface area contributed by atoms with Crippen molar-refractivity contribution in [2.75, 3.05) is 30.8 Å². The number of carbonyl (C=O) groups excluding carboxylic acids is 2. The van der Waals surface area contributed by atoms with E-state index in [4.69, 9.17) is 4.74 Å². The van der Waals surface area contributed by atoms with Crippen LogP contribution in [-0.2, 0) is 24.3 Å². The molecule has 1 aliphatic rings. The van der Waals surface area contributed by atoms with Gasteiger partial charge in [0, 0.05) is 24.8 Å². The number of anilines is 1. The molecule has 0 atom stereocenters. The highest BCUT2D eigenvalue weighted by atomic mass is 32.2. The Bertz CT molecular complexity index is 757. The maximum absolute atomic E-state index is 13.1. The van der Waals surface area contributed by atoms with Crippen LogP contribution in [0.4, 0.5) is 14.5 Å². The zero-order valence-corrected chi connectivity index (χ0v) is 15.0. The van der Waals surface area contributed by atoms with E-state index in [2.05, 4.69) is 5.32 Å². The van der Waals surface area contributed by atoms with E-state index < -0.39 is 46.1 Å². The third kappa shape index (κ3) is 5.46. The third-order valence-electron chi connectivity index (χ3n) is 4.04. The van der Waals surface area contributed by atoms with E-state index in [0.29, 0.717) is 18.9 Å². The van der Waals surface area contributed by atoms with Gasteiger partial charge in [-0.05, 0) is 31.9 Å². The minimum atomic E-state index is -3.28. The summed E-state index contributed by atoms with van der Waals surface area (Å²) in [5, 5.41) is 2.23. The molecule has 1 heterocycles. The molecule has 0 spiro atoms. The van der Waals surface area contributed by atoms with Crippen molar-refractivity contribution in [3.8, 4) is 0 Å². The average Bonchev–Trinajstić information content (AvgIpc) is 2.59. The normalized spacial score (nSPS) is 16.3. The lowest BCUT2D eigenvalue weighted by Crippen LogP contribution is -2.41. The van der Waals surface area contributed by atoms with Crippen molar-refractivity contribution < 1.29 is 31.5 Å². The van der Waals surface area contributed by atoms with Crippen molar-refractivity contribution in [1.82, 2.24) is 4.31 Å². The Labute approximate surface area is 150 Å². The number of halogens is 2. The standard InChI is InChI=1S/C16H20F2N2O5S/c1-2-26(23,24)20-5-3-11(4-6-20)16(22)25-10-15(21)19-14-8-12(17)7-13(18)9-14/h7-9,11H,2-6,10H2,1H3,(H,19,21). The van der Waals surface area contributed by atoms with Gasteiger partial charge in [0.05, 0.1) is 11.7 Å². The second-order valence-corrected chi connectivity index (χ2v) is 8.15. The molecule has 0 saturated carbocycles. The van der Waals surface area contributed by atoms with E-state index in [1.165, 1.54) is 4.31 Å². The van der Waals surface area contributed by atoms with Crippen LogP contribution in [-0.4, -0.2) is 50.0 Å². The highest BCUT2D eigenvalue weighted by Gasteiger charge is 2.31. The van der Waals surface area contributed by atoms with E-state index in [1.54, 1.807) is 6.92 Å². The van der Waals surface area contributed by atoms with Crippen molar-refractivity contribution in [3.05, 3.63) is 29.8 Å². The molecular formula is C16H20F2N2O5S. The van der Waals surface area contributed by atoms with Gasteiger partial charge in [0.25, 0.3) is 5.91 Å². The number of carbonyl (C=O) groups is 2. The monoisotopic (exact) mass is 390 g/mol. The second-order valence-electron chi connectivity index (χ2n) is 5.89. The number of hydrogen-bond donors (Lipinski definition) is 1. The Morgan fingerprint density at radius 3 is 2.31 bits per heavy atom. The largest absolute Gasteiger partial charge is 0.455 e. The summed E-state index contributed by atoms with van der Waals surface area (Å²) in [4.78, 5) is 23.7. The summed E-state index contributed by atoms with van der Waals surface area (Å²) in [5.41, 5.74) is -0.0818. The fourth-order valence-electron chi connectivity index (χ4n) is 2.63. The number of esters is 1.